The molecule has 2 aliphatic heterocycles. The van der Waals surface area contributed by atoms with Gasteiger partial charge < -0.3 is 9.80 Å². The number of aryl methyl sites for hydroxylation is 1. The van der Waals surface area contributed by atoms with Gasteiger partial charge in [0.2, 0.25) is 11.4 Å². The molecule has 2 N–H and O–H groups in total. The number of amides is 1. The second kappa shape index (κ2) is 6.44. The number of aromatic amines is 2. The number of aromatic nitrogens is 4. The second-order valence-corrected chi connectivity index (χ2v) is 8.13. The van der Waals surface area contributed by atoms with Crippen LogP contribution in [0.4, 0.5) is 11.6 Å². The molecule has 4 heterocycles. The molecule has 0 bridgehead atoms. The van der Waals surface area contributed by atoms with Crippen LogP contribution in [-0.4, -0.2) is 40.5 Å². The van der Waals surface area contributed by atoms with Gasteiger partial charge in [-0.3, -0.25) is 9.78 Å². The summed E-state index contributed by atoms with van der Waals surface area (Å²) in [7, 11) is 0. The predicted octanol–water partition coefficient (Wildman–Crippen LogP) is 2.76. The number of nitrogens with zero attached hydrogens (tertiary/aromatic N) is 4. The van der Waals surface area contributed by atoms with Gasteiger partial charge in [0.25, 0.3) is 0 Å². The molecule has 7 nitrogen and oxygen atoms in total. The molecular formula is C20H22ClN6O+. The van der Waals surface area contributed by atoms with Gasteiger partial charge in [0.1, 0.15) is 0 Å². The molecule has 1 amide bonds. The lowest BCUT2D eigenvalue weighted by Gasteiger charge is -2.38. The van der Waals surface area contributed by atoms with Crippen LogP contribution in [0, 0.1) is 12.3 Å². The lowest BCUT2D eigenvalue weighted by Crippen LogP contribution is -2.48. The highest BCUT2D eigenvalue weighted by molar-refractivity contribution is 6.33. The zero-order chi connectivity index (χ0) is 19.3. The summed E-state index contributed by atoms with van der Waals surface area (Å²) in [5, 5.41) is 0.389. The van der Waals surface area contributed by atoms with E-state index in [-0.39, 0.29) is 11.3 Å². The number of fused-ring (bicyclic) bond motifs is 1. The molecule has 2 fully saturated rings. The summed E-state index contributed by atoms with van der Waals surface area (Å²) in [6, 6.07) is 8.09. The van der Waals surface area contributed by atoms with Crippen LogP contribution in [-0.2, 0) is 4.79 Å². The van der Waals surface area contributed by atoms with Crippen molar-refractivity contribution >= 4 is 40.3 Å². The van der Waals surface area contributed by atoms with Crippen LogP contribution in [0.5, 0.6) is 0 Å². The zero-order valence-electron chi connectivity index (χ0n) is 15.7. The number of carbonyl (C=O) groups is 1. The third kappa shape index (κ3) is 2.64. The maximum Gasteiger partial charge on any atom is 0.306 e. The van der Waals surface area contributed by atoms with Gasteiger partial charge in [-0.25, -0.2) is 4.98 Å². The van der Waals surface area contributed by atoms with Gasteiger partial charge in [0, 0.05) is 25.3 Å². The molecule has 2 saturated heterocycles. The Morgan fingerprint density at radius 1 is 1.21 bits per heavy atom. The van der Waals surface area contributed by atoms with Gasteiger partial charge in [0.15, 0.2) is 11.5 Å². The van der Waals surface area contributed by atoms with Crippen LogP contribution in [0.3, 0.4) is 0 Å². The quantitative estimate of drug-likeness (QED) is 0.674. The summed E-state index contributed by atoms with van der Waals surface area (Å²) < 4.78 is 0. The number of anilines is 2. The Morgan fingerprint density at radius 2 is 2.07 bits per heavy atom. The number of hydrogen-bond donors (Lipinski definition) is 1. The molecule has 2 aromatic heterocycles. The van der Waals surface area contributed by atoms with E-state index in [1.54, 1.807) is 6.33 Å². The Morgan fingerprint density at radius 3 is 2.93 bits per heavy atom. The number of H-pyrrole nitrogens is 2. The van der Waals surface area contributed by atoms with E-state index in [1.165, 1.54) is 0 Å². The van der Waals surface area contributed by atoms with Crippen molar-refractivity contribution in [1.29, 1.82) is 0 Å². The first-order chi connectivity index (χ1) is 13.6. The molecule has 5 rings (SSSR count). The number of imidazole rings is 1. The largest absolute Gasteiger partial charge is 0.326 e. The molecular weight excluding hydrogens is 376 g/mol. The third-order valence-corrected chi connectivity index (χ3v) is 6.33. The third-order valence-electron chi connectivity index (χ3n) is 6.06. The van der Waals surface area contributed by atoms with E-state index in [9.17, 15) is 4.79 Å². The topological polar surface area (TPSA) is 79.3 Å². The highest BCUT2D eigenvalue weighted by Crippen LogP contribution is 2.43. The van der Waals surface area contributed by atoms with Crippen LogP contribution in [0.2, 0.25) is 5.15 Å². The zero-order valence-corrected chi connectivity index (χ0v) is 16.5. The molecule has 1 spiro atoms. The molecule has 28 heavy (non-hydrogen) atoms. The number of para-hydroxylation sites is 1. The summed E-state index contributed by atoms with van der Waals surface area (Å²) in [6.07, 6.45) is 4.37. The van der Waals surface area contributed by atoms with Gasteiger partial charge in [-0.15, -0.1) is 0 Å². The lowest BCUT2D eigenvalue weighted by atomic mass is 9.78. The average Bonchev–Trinajstić information content (AvgIpc) is 3.29. The molecule has 0 aliphatic carbocycles. The second-order valence-electron chi connectivity index (χ2n) is 7.77. The molecule has 0 unspecified atom stereocenters. The van der Waals surface area contributed by atoms with Gasteiger partial charge >= 0.3 is 11.6 Å². The van der Waals surface area contributed by atoms with E-state index in [4.69, 9.17) is 11.6 Å². The fraction of sp³-hybridized carbons (Fsp3) is 0.400. The summed E-state index contributed by atoms with van der Waals surface area (Å²) in [5.41, 5.74) is 3.13. The molecule has 0 radical (unpaired) electrons. The van der Waals surface area contributed by atoms with Crippen molar-refractivity contribution in [3.8, 4) is 0 Å². The lowest BCUT2D eigenvalue weighted by molar-refractivity contribution is -0.347. The Labute approximate surface area is 167 Å². The van der Waals surface area contributed by atoms with E-state index >= 15 is 0 Å². The van der Waals surface area contributed by atoms with E-state index in [0.29, 0.717) is 28.8 Å². The monoisotopic (exact) mass is 397 g/mol. The number of carbonyl (C=O) groups excluding carboxylic acids is 1. The van der Waals surface area contributed by atoms with Crippen molar-refractivity contribution in [2.24, 2.45) is 5.41 Å². The molecule has 144 valence electrons. The minimum Gasteiger partial charge on any atom is -0.326 e. The Hall–Kier alpha value is -2.67. The molecule has 2 aliphatic rings. The van der Waals surface area contributed by atoms with Crippen molar-refractivity contribution in [3.05, 3.63) is 41.3 Å². The van der Waals surface area contributed by atoms with E-state index < -0.39 is 0 Å². The number of nitrogens with one attached hydrogen (secondary N) is 2. The Bertz CT molecular complexity index is 1070. The minimum absolute atomic E-state index is 0.215. The molecule has 3 aromatic rings. The number of hydrogen-bond acceptors (Lipinski definition) is 4. The highest BCUT2D eigenvalue weighted by Gasteiger charge is 2.50. The van der Waals surface area contributed by atoms with Crippen LogP contribution in [0.15, 0.2) is 30.6 Å². The maximum atomic E-state index is 13.5. The summed E-state index contributed by atoms with van der Waals surface area (Å²) >= 11 is 6.32. The summed E-state index contributed by atoms with van der Waals surface area (Å²) in [6.45, 7) is 4.26. The fourth-order valence-electron chi connectivity index (χ4n) is 4.57. The Kier molecular flexibility index (Phi) is 4.01. The number of halogens is 1. The van der Waals surface area contributed by atoms with Gasteiger partial charge in [-0.1, -0.05) is 34.8 Å². The van der Waals surface area contributed by atoms with Crippen molar-refractivity contribution in [2.45, 2.75) is 26.2 Å². The van der Waals surface area contributed by atoms with Gasteiger partial charge in [0.05, 0.1) is 5.41 Å². The molecule has 1 atom stereocenters. The molecule has 1 aromatic carbocycles. The normalized spacial score (nSPS) is 22.6. The Balaban J connectivity index is 1.45. The first kappa shape index (κ1) is 17.4. The van der Waals surface area contributed by atoms with E-state index in [1.807, 2.05) is 23.1 Å². The number of piperidine rings is 1. The van der Waals surface area contributed by atoms with Crippen molar-refractivity contribution in [1.82, 2.24) is 15.0 Å². The average molecular weight is 398 g/mol. The minimum atomic E-state index is -0.382. The van der Waals surface area contributed by atoms with Crippen LogP contribution >= 0.6 is 11.6 Å². The first-order valence-corrected chi connectivity index (χ1v) is 10.0. The van der Waals surface area contributed by atoms with Crippen LogP contribution in [0.25, 0.3) is 11.2 Å². The summed E-state index contributed by atoms with van der Waals surface area (Å²) in [4.78, 5) is 32.7. The predicted molar refractivity (Wildman–Crippen MR) is 107 cm³/mol. The van der Waals surface area contributed by atoms with Crippen molar-refractivity contribution in [2.75, 3.05) is 29.4 Å². The van der Waals surface area contributed by atoms with Crippen LogP contribution in [0.1, 0.15) is 24.8 Å². The van der Waals surface area contributed by atoms with E-state index in [2.05, 4.69) is 37.8 Å². The fourth-order valence-corrected chi connectivity index (χ4v) is 4.79. The van der Waals surface area contributed by atoms with Gasteiger partial charge in [-0.05, 0) is 37.8 Å². The SMILES string of the molecule is Cc1ccccc1N1CC[C@@]2(CCCN(c3nc(Cl)c4[nH]c[nH+]c4n3)C2)C1=O. The smallest absolute Gasteiger partial charge is 0.306 e. The number of rotatable bonds is 2. The first-order valence-electron chi connectivity index (χ1n) is 9.62. The number of benzene rings is 1. The molecule has 8 heteroatoms. The van der Waals surface area contributed by atoms with E-state index in [0.717, 1.165) is 43.6 Å². The standard InChI is InChI=1S/C20H21ClN6O/c1-13-5-2-3-6-14(13)27-10-8-20(18(27)28)7-4-9-26(11-20)19-24-16(21)15-17(25-19)23-12-22-15/h2-3,5-6,12H,4,7-11H2,1H3,(H,22,23,24,25)/p+1/t20-/m1/s1. The molecule has 0 saturated carbocycles. The van der Waals surface area contributed by atoms with Gasteiger partial charge in [-0.2, -0.15) is 4.98 Å². The highest BCUT2D eigenvalue weighted by atomic mass is 35.5. The van der Waals surface area contributed by atoms with Crippen LogP contribution < -0.4 is 14.8 Å². The maximum absolute atomic E-state index is 13.5. The van der Waals surface area contributed by atoms with Crippen molar-refractivity contribution in [3.63, 3.8) is 0 Å². The van der Waals surface area contributed by atoms with Crippen molar-refractivity contribution < 1.29 is 9.78 Å². The summed E-state index contributed by atoms with van der Waals surface area (Å²) in [5.74, 6) is 0.793.